The lowest BCUT2D eigenvalue weighted by molar-refractivity contribution is 0.0784. The van der Waals surface area contributed by atoms with Crippen molar-refractivity contribution in [1.82, 2.24) is 4.90 Å². The Labute approximate surface area is 151 Å². The molecule has 0 bridgehead atoms. The van der Waals surface area contributed by atoms with Gasteiger partial charge in [-0.2, -0.15) is 0 Å². The Balaban J connectivity index is 2.18. The first kappa shape index (κ1) is 18.3. The van der Waals surface area contributed by atoms with E-state index >= 15 is 0 Å². The first-order chi connectivity index (χ1) is 11.4. The summed E-state index contributed by atoms with van der Waals surface area (Å²) in [6, 6.07) is 13.1. The average molecular weight is 392 g/mol. The lowest BCUT2D eigenvalue weighted by Crippen LogP contribution is -2.26. The number of halogens is 1. The van der Waals surface area contributed by atoms with Gasteiger partial charge in [0.25, 0.3) is 5.91 Å². The van der Waals surface area contributed by atoms with Gasteiger partial charge in [0, 0.05) is 23.6 Å². The molecule has 0 N–H and O–H groups in total. The van der Waals surface area contributed by atoms with Gasteiger partial charge in [-0.25, -0.2) is 0 Å². The van der Waals surface area contributed by atoms with Gasteiger partial charge < -0.3 is 14.4 Å². The minimum absolute atomic E-state index is 0.0403. The van der Waals surface area contributed by atoms with Gasteiger partial charge in [-0.15, -0.1) is 0 Å². The number of nitrogens with zero attached hydrogens (tertiary/aromatic N) is 1. The molecule has 0 radical (unpaired) electrons. The van der Waals surface area contributed by atoms with E-state index in [0.717, 1.165) is 10.0 Å². The second-order valence-electron chi connectivity index (χ2n) is 5.78. The lowest BCUT2D eigenvalue weighted by Gasteiger charge is -2.19. The first-order valence-corrected chi connectivity index (χ1v) is 8.55. The fourth-order valence-electron chi connectivity index (χ4n) is 2.33. The zero-order valence-electron chi connectivity index (χ0n) is 14.4. The standard InChI is InChI=1S/C19H22BrNO3/c1-13(2)24-17-10-9-14(11-18(17)23-4)19(22)21(3)12-15-7-5-6-8-16(15)20/h5-11,13H,12H2,1-4H3. The van der Waals surface area contributed by atoms with E-state index in [0.29, 0.717) is 23.6 Å². The van der Waals surface area contributed by atoms with Crippen molar-refractivity contribution in [1.29, 1.82) is 0 Å². The molecule has 0 aliphatic carbocycles. The molecule has 4 nitrogen and oxygen atoms in total. The third-order valence-electron chi connectivity index (χ3n) is 3.49. The molecule has 0 spiro atoms. The first-order valence-electron chi connectivity index (χ1n) is 7.76. The summed E-state index contributed by atoms with van der Waals surface area (Å²) >= 11 is 3.51. The Morgan fingerprint density at radius 1 is 1.17 bits per heavy atom. The maximum absolute atomic E-state index is 12.7. The van der Waals surface area contributed by atoms with E-state index in [2.05, 4.69) is 15.9 Å². The smallest absolute Gasteiger partial charge is 0.254 e. The van der Waals surface area contributed by atoms with Crippen molar-refractivity contribution < 1.29 is 14.3 Å². The number of amides is 1. The number of benzene rings is 2. The number of rotatable bonds is 6. The van der Waals surface area contributed by atoms with Gasteiger partial charge in [-0.3, -0.25) is 4.79 Å². The fourth-order valence-corrected chi connectivity index (χ4v) is 2.74. The summed E-state index contributed by atoms with van der Waals surface area (Å²) in [5, 5.41) is 0. The van der Waals surface area contributed by atoms with Crippen LogP contribution in [0.4, 0.5) is 0 Å². The predicted octanol–water partition coefficient (Wildman–Crippen LogP) is 4.52. The summed E-state index contributed by atoms with van der Waals surface area (Å²) < 4.78 is 12.0. The quantitative estimate of drug-likeness (QED) is 0.726. The van der Waals surface area contributed by atoms with Crippen LogP contribution in [0.25, 0.3) is 0 Å². The molecule has 128 valence electrons. The van der Waals surface area contributed by atoms with Crippen LogP contribution in [0.1, 0.15) is 29.8 Å². The maximum Gasteiger partial charge on any atom is 0.254 e. The predicted molar refractivity (Wildman–Crippen MR) is 98.7 cm³/mol. The van der Waals surface area contributed by atoms with Gasteiger partial charge in [0.15, 0.2) is 11.5 Å². The molecule has 24 heavy (non-hydrogen) atoms. The van der Waals surface area contributed by atoms with Crippen LogP contribution < -0.4 is 9.47 Å². The van der Waals surface area contributed by atoms with Gasteiger partial charge in [-0.1, -0.05) is 34.1 Å². The molecule has 1 amide bonds. The Hall–Kier alpha value is -2.01. The number of hydrogen-bond donors (Lipinski definition) is 0. The molecule has 0 unspecified atom stereocenters. The number of hydrogen-bond acceptors (Lipinski definition) is 3. The maximum atomic E-state index is 12.7. The Kier molecular flexibility index (Phi) is 6.26. The molecule has 0 saturated carbocycles. The number of methoxy groups -OCH3 is 1. The van der Waals surface area contributed by atoms with Gasteiger partial charge in [0.1, 0.15) is 0 Å². The largest absolute Gasteiger partial charge is 0.493 e. The van der Waals surface area contributed by atoms with Crippen molar-refractivity contribution in [3.8, 4) is 11.5 Å². The van der Waals surface area contributed by atoms with Crippen molar-refractivity contribution in [2.75, 3.05) is 14.2 Å². The molecule has 2 rings (SSSR count). The fraction of sp³-hybridized carbons (Fsp3) is 0.316. The van der Waals surface area contributed by atoms with Crippen molar-refractivity contribution in [3.63, 3.8) is 0 Å². The highest BCUT2D eigenvalue weighted by Crippen LogP contribution is 2.29. The van der Waals surface area contributed by atoms with Gasteiger partial charge in [0.2, 0.25) is 0 Å². The van der Waals surface area contributed by atoms with Gasteiger partial charge in [0.05, 0.1) is 13.2 Å². The van der Waals surface area contributed by atoms with E-state index in [1.165, 1.54) is 0 Å². The van der Waals surface area contributed by atoms with Crippen LogP contribution in [-0.4, -0.2) is 31.1 Å². The highest BCUT2D eigenvalue weighted by atomic mass is 79.9. The number of carbonyl (C=O) groups is 1. The molecule has 0 atom stereocenters. The van der Waals surface area contributed by atoms with Crippen molar-refractivity contribution in [3.05, 3.63) is 58.1 Å². The molecule has 0 aliphatic rings. The van der Waals surface area contributed by atoms with E-state index in [1.54, 1.807) is 37.3 Å². The van der Waals surface area contributed by atoms with Crippen LogP contribution in [0, 0.1) is 0 Å². The highest BCUT2D eigenvalue weighted by Gasteiger charge is 2.16. The van der Waals surface area contributed by atoms with E-state index < -0.39 is 0 Å². The third-order valence-corrected chi connectivity index (χ3v) is 4.26. The molecule has 0 aliphatic heterocycles. The second kappa shape index (κ2) is 8.20. The summed E-state index contributed by atoms with van der Waals surface area (Å²) in [5.74, 6) is 1.13. The van der Waals surface area contributed by atoms with E-state index in [9.17, 15) is 4.79 Å². The van der Waals surface area contributed by atoms with E-state index in [-0.39, 0.29) is 12.0 Å². The van der Waals surface area contributed by atoms with Crippen molar-refractivity contribution in [2.45, 2.75) is 26.5 Å². The van der Waals surface area contributed by atoms with Crippen LogP contribution in [0.3, 0.4) is 0 Å². The van der Waals surface area contributed by atoms with Crippen LogP contribution in [-0.2, 0) is 6.54 Å². The van der Waals surface area contributed by atoms with Crippen molar-refractivity contribution >= 4 is 21.8 Å². The normalized spacial score (nSPS) is 10.6. The number of ether oxygens (including phenoxy) is 2. The molecule has 5 heteroatoms. The van der Waals surface area contributed by atoms with E-state index in [4.69, 9.17) is 9.47 Å². The molecule has 0 aromatic heterocycles. The summed E-state index contributed by atoms with van der Waals surface area (Å²) in [5.41, 5.74) is 1.62. The van der Waals surface area contributed by atoms with Gasteiger partial charge >= 0.3 is 0 Å². The summed E-state index contributed by atoms with van der Waals surface area (Å²) in [6.07, 6.45) is 0.0403. The average Bonchev–Trinajstić information content (AvgIpc) is 2.56. The third kappa shape index (κ3) is 4.51. The Morgan fingerprint density at radius 2 is 1.88 bits per heavy atom. The molecule has 2 aromatic carbocycles. The minimum Gasteiger partial charge on any atom is -0.493 e. The SMILES string of the molecule is COc1cc(C(=O)N(C)Cc2ccccc2Br)ccc1OC(C)C. The Morgan fingerprint density at radius 3 is 2.50 bits per heavy atom. The molecular weight excluding hydrogens is 370 g/mol. The molecule has 2 aromatic rings. The van der Waals surface area contributed by atoms with Crippen LogP contribution >= 0.6 is 15.9 Å². The summed E-state index contributed by atoms with van der Waals surface area (Å²) in [4.78, 5) is 14.4. The van der Waals surface area contributed by atoms with E-state index in [1.807, 2.05) is 38.1 Å². The Bertz CT molecular complexity index is 716. The number of carbonyl (C=O) groups excluding carboxylic acids is 1. The molecule has 0 fully saturated rings. The molecule has 0 saturated heterocycles. The second-order valence-corrected chi connectivity index (χ2v) is 6.64. The highest BCUT2D eigenvalue weighted by molar-refractivity contribution is 9.10. The minimum atomic E-state index is -0.0693. The lowest BCUT2D eigenvalue weighted by atomic mass is 10.1. The van der Waals surface area contributed by atoms with Gasteiger partial charge in [-0.05, 0) is 43.7 Å². The molecular formula is C19H22BrNO3. The monoisotopic (exact) mass is 391 g/mol. The summed E-state index contributed by atoms with van der Waals surface area (Å²) in [6.45, 7) is 4.42. The van der Waals surface area contributed by atoms with Crippen LogP contribution in [0.15, 0.2) is 46.9 Å². The molecule has 0 heterocycles. The topological polar surface area (TPSA) is 38.8 Å². The van der Waals surface area contributed by atoms with Crippen LogP contribution in [0.2, 0.25) is 0 Å². The van der Waals surface area contributed by atoms with Crippen LogP contribution in [0.5, 0.6) is 11.5 Å². The summed E-state index contributed by atoms with van der Waals surface area (Å²) in [7, 11) is 3.36. The van der Waals surface area contributed by atoms with Crippen molar-refractivity contribution in [2.24, 2.45) is 0 Å². The zero-order chi connectivity index (χ0) is 17.7. The zero-order valence-corrected chi connectivity index (χ0v) is 16.0.